The second-order valence-corrected chi connectivity index (χ2v) is 13.6. The predicted molar refractivity (Wildman–Crippen MR) is 168 cm³/mol. The van der Waals surface area contributed by atoms with E-state index in [2.05, 4.69) is 26.0 Å². The molecule has 46 heavy (non-hydrogen) atoms. The summed E-state index contributed by atoms with van der Waals surface area (Å²) in [6, 6.07) is 6.32. The van der Waals surface area contributed by atoms with E-state index < -0.39 is 23.3 Å². The fourth-order valence-electron chi connectivity index (χ4n) is 9.01. The first-order valence-corrected chi connectivity index (χ1v) is 16.2. The van der Waals surface area contributed by atoms with Gasteiger partial charge in [-0.15, -0.1) is 6.42 Å². The average Bonchev–Trinajstić information content (AvgIpc) is 3.68. The number of alkyl halides is 1. The van der Waals surface area contributed by atoms with Crippen molar-refractivity contribution in [2.45, 2.75) is 74.8 Å². The van der Waals surface area contributed by atoms with Crippen LogP contribution in [0.1, 0.15) is 49.8 Å². The van der Waals surface area contributed by atoms with Crippen molar-refractivity contribution in [3.63, 3.8) is 0 Å². The molecular formula is C35H33F3N6O2. The Morgan fingerprint density at radius 1 is 1.11 bits per heavy atom. The van der Waals surface area contributed by atoms with Gasteiger partial charge in [0, 0.05) is 48.6 Å². The summed E-state index contributed by atoms with van der Waals surface area (Å²) in [5.41, 5.74) is 0.337. The van der Waals surface area contributed by atoms with Gasteiger partial charge < -0.3 is 20.1 Å². The van der Waals surface area contributed by atoms with Crippen LogP contribution in [0.2, 0.25) is 0 Å². The van der Waals surface area contributed by atoms with Crippen LogP contribution in [0.3, 0.4) is 0 Å². The van der Waals surface area contributed by atoms with Crippen LogP contribution < -0.4 is 15.0 Å². The molecule has 7 heterocycles. The number of phenols is 1. The number of terminal acetylenes is 1. The van der Waals surface area contributed by atoms with E-state index in [0.29, 0.717) is 53.1 Å². The largest absolute Gasteiger partial charge is 0.508 e. The highest BCUT2D eigenvalue weighted by atomic mass is 19.1. The molecule has 2 aromatic carbocycles. The number of pyridine rings is 1. The van der Waals surface area contributed by atoms with E-state index in [-0.39, 0.29) is 52.8 Å². The van der Waals surface area contributed by atoms with E-state index >= 15 is 4.39 Å². The molecule has 4 saturated heterocycles. The quantitative estimate of drug-likeness (QED) is 0.306. The maximum absolute atomic E-state index is 17.1. The molecule has 11 heteroatoms. The summed E-state index contributed by atoms with van der Waals surface area (Å²) in [4.78, 5) is 18.9. The van der Waals surface area contributed by atoms with Gasteiger partial charge in [0.05, 0.1) is 22.2 Å². The Balaban J connectivity index is 1.25. The van der Waals surface area contributed by atoms with Gasteiger partial charge in [0.1, 0.15) is 41.4 Å². The van der Waals surface area contributed by atoms with Crippen LogP contribution in [0.25, 0.3) is 32.9 Å². The molecule has 0 aliphatic carbocycles. The summed E-state index contributed by atoms with van der Waals surface area (Å²) in [6.45, 7) is 2.15. The minimum atomic E-state index is -0.911. The normalized spacial score (nSPS) is 28.3. The molecule has 0 spiro atoms. The van der Waals surface area contributed by atoms with Crippen LogP contribution in [-0.2, 0) is 6.42 Å². The molecule has 0 radical (unpaired) electrons. The maximum Gasteiger partial charge on any atom is 0.319 e. The van der Waals surface area contributed by atoms with Crippen molar-refractivity contribution >= 4 is 27.5 Å². The first-order chi connectivity index (χ1) is 22.3. The molecule has 5 atom stereocenters. The number of nitrogens with zero attached hydrogens (tertiary/aromatic N) is 5. The van der Waals surface area contributed by atoms with E-state index in [1.165, 1.54) is 24.3 Å². The van der Waals surface area contributed by atoms with E-state index in [1.54, 1.807) is 0 Å². The molecule has 5 aliphatic rings. The van der Waals surface area contributed by atoms with Crippen LogP contribution in [0, 0.1) is 24.0 Å². The zero-order chi connectivity index (χ0) is 31.3. The number of aromatic hydroxyl groups is 1. The number of piperazine rings is 1. The monoisotopic (exact) mass is 626 g/mol. The summed E-state index contributed by atoms with van der Waals surface area (Å²) in [7, 11) is 0. The topological polar surface area (TPSA) is 86.6 Å². The van der Waals surface area contributed by atoms with Crippen LogP contribution in [0.15, 0.2) is 24.3 Å². The highest BCUT2D eigenvalue weighted by molar-refractivity contribution is 6.03. The van der Waals surface area contributed by atoms with Gasteiger partial charge in [-0.25, -0.2) is 18.2 Å². The molecule has 4 aromatic rings. The second kappa shape index (κ2) is 10.2. The summed E-state index contributed by atoms with van der Waals surface area (Å²) in [6.07, 6.45) is 10.4. The Morgan fingerprint density at radius 3 is 2.87 bits per heavy atom. The third-order valence-corrected chi connectivity index (χ3v) is 11.0. The molecule has 236 valence electrons. The van der Waals surface area contributed by atoms with Crippen LogP contribution in [-0.4, -0.2) is 81.0 Å². The van der Waals surface area contributed by atoms with Crippen molar-refractivity contribution < 1.29 is 23.0 Å². The number of ether oxygens (including phenoxy) is 1. The van der Waals surface area contributed by atoms with Gasteiger partial charge in [-0.05, 0) is 68.7 Å². The van der Waals surface area contributed by atoms with Gasteiger partial charge in [0.25, 0.3) is 0 Å². The molecule has 2 aromatic heterocycles. The number of hydrogen-bond acceptors (Lipinski definition) is 8. The maximum atomic E-state index is 17.1. The Bertz CT molecular complexity index is 1980. The summed E-state index contributed by atoms with van der Waals surface area (Å²) in [5, 5.41) is 15.7. The van der Waals surface area contributed by atoms with Crippen molar-refractivity contribution in [2.75, 3.05) is 31.1 Å². The molecule has 8 nitrogen and oxygen atoms in total. The number of rotatable bonds is 4. The number of nitrogens with one attached hydrogen (secondary N) is 1. The van der Waals surface area contributed by atoms with Crippen molar-refractivity contribution in [2.24, 2.45) is 0 Å². The zero-order valence-corrected chi connectivity index (χ0v) is 25.2. The number of phenolic OH excluding ortho intramolecular Hbond substituents is 1. The van der Waals surface area contributed by atoms with Crippen LogP contribution >= 0.6 is 0 Å². The number of aryl methyl sites for hydroxylation is 1. The standard InChI is InChI=1S/C35H33F3N6O2/c1-2-22-24(37)6-4-18-12-21(45)13-23(28(18)22)31-30(38)32-29-26(40-31)8-9-27-25-7-5-20(39-25)16-44(27)33(29)42-34(41-32)46-17-35-10-3-11-43(35)15-19(36)14-35/h1,4,6,12-13,19-20,25,27,39,45H,3,5,7-11,14-17H2/t19-,20-,25+,27+,35+/m1/s1. The fourth-order valence-corrected chi connectivity index (χ4v) is 9.01. The van der Waals surface area contributed by atoms with E-state index in [4.69, 9.17) is 21.1 Å². The van der Waals surface area contributed by atoms with Crippen molar-refractivity contribution in [1.82, 2.24) is 25.2 Å². The summed E-state index contributed by atoms with van der Waals surface area (Å²) in [5.74, 6) is 1.53. The van der Waals surface area contributed by atoms with Gasteiger partial charge in [0.2, 0.25) is 0 Å². The second-order valence-electron chi connectivity index (χ2n) is 13.6. The van der Waals surface area contributed by atoms with Gasteiger partial charge in [-0.2, -0.15) is 9.97 Å². The summed E-state index contributed by atoms with van der Waals surface area (Å²) < 4.78 is 52.9. The third-order valence-electron chi connectivity index (χ3n) is 11.0. The lowest BCUT2D eigenvalue weighted by Gasteiger charge is -2.41. The predicted octanol–water partition coefficient (Wildman–Crippen LogP) is 5.02. The lowest BCUT2D eigenvalue weighted by molar-refractivity contribution is 0.107. The molecule has 9 rings (SSSR count). The van der Waals surface area contributed by atoms with E-state index in [0.717, 1.165) is 45.2 Å². The lowest BCUT2D eigenvalue weighted by Crippen LogP contribution is -2.58. The highest BCUT2D eigenvalue weighted by Gasteiger charge is 2.50. The number of anilines is 1. The van der Waals surface area contributed by atoms with Gasteiger partial charge in [0.15, 0.2) is 5.82 Å². The highest BCUT2D eigenvalue weighted by Crippen LogP contribution is 2.45. The molecule has 2 N–H and O–H groups in total. The lowest BCUT2D eigenvalue weighted by atomic mass is 9.95. The number of aromatic nitrogens is 3. The molecular weight excluding hydrogens is 593 g/mol. The number of hydrogen-bond donors (Lipinski definition) is 2. The van der Waals surface area contributed by atoms with E-state index in [1.807, 2.05) is 0 Å². The number of halogens is 3. The van der Waals surface area contributed by atoms with Crippen LogP contribution in [0.5, 0.6) is 11.8 Å². The van der Waals surface area contributed by atoms with E-state index in [9.17, 15) is 13.9 Å². The molecule has 2 bridgehead atoms. The summed E-state index contributed by atoms with van der Waals surface area (Å²) >= 11 is 0. The van der Waals surface area contributed by atoms with Gasteiger partial charge in [-0.1, -0.05) is 12.0 Å². The molecule has 4 fully saturated rings. The Kier molecular flexibility index (Phi) is 6.22. The zero-order valence-electron chi connectivity index (χ0n) is 25.2. The van der Waals surface area contributed by atoms with Crippen LogP contribution in [0.4, 0.5) is 19.0 Å². The third kappa shape index (κ3) is 4.12. The smallest absolute Gasteiger partial charge is 0.319 e. The fraction of sp³-hybridized carbons (Fsp3) is 0.457. The van der Waals surface area contributed by atoms with Crippen molar-refractivity contribution in [3.8, 4) is 35.4 Å². The SMILES string of the molecule is C#Cc1c(F)ccc2cc(O)cc(-c3nc4c5c(nc(OC[C@@]67CCCN6C[C@H](F)C7)nc5c3F)N3C[C@H]5CC[C@H](N5)[C@@H]3CC4)c12. The minimum Gasteiger partial charge on any atom is -0.508 e. The Morgan fingerprint density at radius 2 is 2.00 bits per heavy atom. The first kappa shape index (κ1) is 28.1. The Labute approximate surface area is 264 Å². The molecule has 0 unspecified atom stereocenters. The number of fused-ring (bicyclic) bond motifs is 7. The molecule has 0 saturated carbocycles. The van der Waals surface area contributed by atoms with Gasteiger partial charge in [-0.3, -0.25) is 4.90 Å². The number of benzene rings is 2. The average molecular weight is 627 g/mol. The van der Waals surface area contributed by atoms with Gasteiger partial charge >= 0.3 is 6.01 Å². The molecule has 0 amide bonds. The first-order valence-electron chi connectivity index (χ1n) is 16.2. The minimum absolute atomic E-state index is 0.0330. The molecule has 5 aliphatic heterocycles. The Hall–Kier alpha value is -4.14. The van der Waals surface area contributed by atoms with Crippen molar-refractivity contribution in [3.05, 3.63) is 47.2 Å². The van der Waals surface area contributed by atoms with Crippen molar-refractivity contribution in [1.29, 1.82) is 0 Å².